The van der Waals surface area contributed by atoms with Gasteiger partial charge in [0.25, 0.3) is 0 Å². The lowest BCUT2D eigenvalue weighted by molar-refractivity contribution is -0.189. The lowest BCUT2D eigenvalue weighted by atomic mass is 9.87. The van der Waals surface area contributed by atoms with Crippen molar-refractivity contribution < 1.29 is 17.9 Å². The van der Waals surface area contributed by atoms with E-state index in [1.165, 1.54) is 0 Å². The molecule has 3 aromatic rings. The Labute approximate surface area is 172 Å². The first-order valence-electron chi connectivity index (χ1n) is 10.8. The minimum Gasteiger partial charge on any atom is -0.375 e. The molecule has 3 aromatic heterocycles. The fourth-order valence-electron chi connectivity index (χ4n) is 5.39. The normalized spacial score (nSPS) is 30.5. The zero-order valence-corrected chi connectivity index (χ0v) is 16.9. The highest BCUT2D eigenvalue weighted by Crippen LogP contribution is 2.44. The Balaban J connectivity index is 1.32. The van der Waals surface area contributed by atoms with Crippen LogP contribution in [0.25, 0.3) is 16.8 Å². The third-order valence-corrected chi connectivity index (χ3v) is 7.00. The first kappa shape index (κ1) is 19.8. The van der Waals surface area contributed by atoms with Gasteiger partial charge in [0.05, 0.1) is 29.8 Å². The first-order valence-corrected chi connectivity index (χ1v) is 10.8. The summed E-state index contributed by atoms with van der Waals surface area (Å²) in [6, 6.07) is 1.98. The summed E-state index contributed by atoms with van der Waals surface area (Å²) in [5, 5.41) is 8.82. The van der Waals surface area contributed by atoms with Crippen LogP contribution in [0.15, 0.2) is 18.5 Å². The maximum absolute atomic E-state index is 12.9. The van der Waals surface area contributed by atoms with Gasteiger partial charge in [0.15, 0.2) is 11.3 Å². The third-order valence-electron chi connectivity index (χ3n) is 7.00. The van der Waals surface area contributed by atoms with E-state index in [4.69, 9.17) is 4.74 Å². The maximum atomic E-state index is 12.9. The number of hydrogen-bond donors (Lipinski definition) is 1. The van der Waals surface area contributed by atoms with Gasteiger partial charge in [0, 0.05) is 12.1 Å². The molecule has 2 aliphatic rings. The molecule has 6 nitrogen and oxygen atoms in total. The monoisotopic (exact) mass is 421 g/mol. The smallest absolute Gasteiger partial charge is 0.375 e. The minimum absolute atomic E-state index is 0.0586. The van der Waals surface area contributed by atoms with Gasteiger partial charge in [-0.05, 0) is 50.5 Å². The number of aromatic amines is 1. The van der Waals surface area contributed by atoms with E-state index in [1.54, 1.807) is 6.20 Å². The van der Waals surface area contributed by atoms with Crippen molar-refractivity contribution in [1.82, 2.24) is 24.6 Å². The Bertz CT molecular complexity index is 1020. The fraction of sp³-hybridized carbons (Fsp3) is 0.667. The van der Waals surface area contributed by atoms with E-state index in [1.807, 2.05) is 12.3 Å². The predicted molar refractivity (Wildman–Crippen MR) is 105 cm³/mol. The highest BCUT2D eigenvalue weighted by molar-refractivity contribution is 5.74. The van der Waals surface area contributed by atoms with Crippen LogP contribution in [0.5, 0.6) is 0 Å². The molecule has 0 radical (unpaired) electrons. The first-order chi connectivity index (χ1) is 14.4. The lowest BCUT2D eigenvalue weighted by Crippen LogP contribution is -2.32. The highest BCUT2D eigenvalue weighted by Gasteiger charge is 2.43. The van der Waals surface area contributed by atoms with E-state index < -0.39 is 12.1 Å². The van der Waals surface area contributed by atoms with E-state index >= 15 is 0 Å². The molecule has 5 rings (SSSR count). The Morgan fingerprint density at radius 2 is 1.93 bits per heavy atom. The van der Waals surface area contributed by atoms with Crippen LogP contribution in [-0.2, 0) is 4.74 Å². The molecule has 0 aliphatic heterocycles. The molecule has 9 heteroatoms. The summed E-state index contributed by atoms with van der Waals surface area (Å²) < 4.78 is 47.2. The van der Waals surface area contributed by atoms with Crippen LogP contribution in [0.1, 0.15) is 63.6 Å². The molecule has 0 saturated heterocycles. The second kappa shape index (κ2) is 7.51. The van der Waals surface area contributed by atoms with Crippen molar-refractivity contribution in [1.29, 1.82) is 0 Å². The molecular formula is C21H26F3N5O. The Morgan fingerprint density at radius 1 is 1.13 bits per heavy atom. The van der Waals surface area contributed by atoms with Crippen LogP contribution >= 0.6 is 0 Å². The van der Waals surface area contributed by atoms with Gasteiger partial charge in [-0.15, -0.1) is 10.2 Å². The average Bonchev–Trinajstić information content (AvgIpc) is 3.44. The quantitative estimate of drug-likeness (QED) is 0.643. The third kappa shape index (κ3) is 3.46. The Morgan fingerprint density at radius 3 is 2.67 bits per heavy atom. The average molecular weight is 421 g/mol. The lowest BCUT2D eigenvalue weighted by Gasteiger charge is -2.31. The number of halogens is 3. The zero-order chi connectivity index (χ0) is 20.9. The molecule has 2 aliphatic carbocycles. The molecule has 30 heavy (non-hydrogen) atoms. The van der Waals surface area contributed by atoms with E-state index in [2.05, 4.69) is 31.5 Å². The largest absolute Gasteiger partial charge is 0.391 e. The summed E-state index contributed by atoms with van der Waals surface area (Å²) in [6.45, 7) is 2.17. The molecule has 2 fully saturated rings. The van der Waals surface area contributed by atoms with E-state index in [0.717, 1.165) is 41.9 Å². The van der Waals surface area contributed by atoms with Gasteiger partial charge in [-0.2, -0.15) is 13.2 Å². The number of H-pyrrole nitrogens is 1. The van der Waals surface area contributed by atoms with Crippen LogP contribution in [0.4, 0.5) is 13.2 Å². The zero-order valence-electron chi connectivity index (χ0n) is 16.9. The molecule has 3 heterocycles. The number of fused-ring (bicyclic) bond motifs is 3. The number of nitrogens with zero attached hydrogens (tertiary/aromatic N) is 4. The summed E-state index contributed by atoms with van der Waals surface area (Å²) >= 11 is 0. The van der Waals surface area contributed by atoms with Gasteiger partial charge in [-0.1, -0.05) is 13.3 Å². The van der Waals surface area contributed by atoms with Gasteiger partial charge in [0.2, 0.25) is 0 Å². The Kier molecular flexibility index (Phi) is 4.95. The molecule has 0 amide bonds. The molecule has 0 unspecified atom stereocenters. The van der Waals surface area contributed by atoms with Crippen LogP contribution in [-0.4, -0.2) is 43.0 Å². The summed E-state index contributed by atoms with van der Waals surface area (Å²) in [4.78, 5) is 7.51. The molecule has 162 valence electrons. The van der Waals surface area contributed by atoms with E-state index in [9.17, 15) is 13.2 Å². The SMILES string of the molecule is CC[C@@H]1C[C@@H](OC2CCC(C(F)(F)F)CC2)C[C@@H]1c1nnc2cnc3[nH]ccc3n12. The van der Waals surface area contributed by atoms with Crippen molar-refractivity contribution in [2.75, 3.05) is 0 Å². The van der Waals surface area contributed by atoms with E-state index in [0.29, 0.717) is 18.8 Å². The topological polar surface area (TPSA) is 68.1 Å². The van der Waals surface area contributed by atoms with Crippen molar-refractivity contribution in [3.05, 3.63) is 24.3 Å². The van der Waals surface area contributed by atoms with Crippen molar-refractivity contribution in [3.63, 3.8) is 0 Å². The van der Waals surface area contributed by atoms with Crippen LogP contribution < -0.4 is 0 Å². The summed E-state index contributed by atoms with van der Waals surface area (Å²) in [7, 11) is 0. The van der Waals surface area contributed by atoms with Crippen LogP contribution in [0, 0.1) is 11.8 Å². The molecular weight excluding hydrogens is 395 g/mol. The standard InChI is InChI=1S/C21H26F3N5O/c1-2-12-9-15(30-14-5-3-13(4-6-14)21(22,23)24)10-16(12)20-28-27-18-11-26-19-17(29(18)20)7-8-25-19/h7-8,11-16,25H,2-6,9-10H2,1H3/t12-,13?,14?,15-,16+/m1/s1. The van der Waals surface area contributed by atoms with Gasteiger partial charge in [-0.25, -0.2) is 4.98 Å². The molecule has 0 aromatic carbocycles. The molecule has 3 atom stereocenters. The van der Waals surface area contributed by atoms with Gasteiger partial charge in [0.1, 0.15) is 5.82 Å². The van der Waals surface area contributed by atoms with E-state index in [-0.39, 0.29) is 31.0 Å². The molecule has 1 N–H and O–H groups in total. The van der Waals surface area contributed by atoms with Crippen LogP contribution in [0.2, 0.25) is 0 Å². The van der Waals surface area contributed by atoms with Gasteiger partial charge < -0.3 is 9.72 Å². The summed E-state index contributed by atoms with van der Waals surface area (Å²) in [6.07, 6.45) is 3.56. The van der Waals surface area contributed by atoms with Crippen molar-refractivity contribution >= 4 is 16.8 Å². The van der Waals surface area contributed by atoms with Gasteiger partial charge in [-0.3, -0.25) is 4.40 Å². The molecule has 0 bridgehead atoms. The minimum atomic E-state index is -4.08. The number of aromatic nitrogens is 5. The number of rotatable bonds is 4. The molecule has 2 saturated carbocycles. The summed E-state index contributed by atoms with van der Waals surface area (Å²) in [5.41, 5.74) is 2.47. The molecule has 0 spiro atoms. The number of nitrogens with one attached hydrogen (secondary N) is 1. The number of alkyl halides is 3. The second-order valence-electron chi connectivity index (χ2n) is 8.74. The number of hydrogen-bond acceptors (Lipinski definition) is 4. The maximum Gasteiger partial charge on any atom is 0.391 e. The van der Waals surface area contributed by atoms with Gasteiger partial charge >= 0.3 is 6.18 Å². The predicted octanol–water partition coefficient (Wildman–Crippen LogP) is 5.02. The van der Waals surface area contributed by atoms with Crippen LogP contribution in [0.3, 0.4) is 0 Å². The number of ether oxygens (including phenoxy) is 1. The van der Waals surface area contributed by atoms with Crippen molar-refractivity contribution in [2.24, 2.45) is 11.8 Å². The Hall–Kier alpha value is -2.16. The summed E-state index contributed by atoms with van der Waals surface area (Å²) in [5.74, 6) is 0.380. The second-order valence-corrected chi connectivity index (χ2v) is 8.74. The highest BCUT2D eigenvalue weighted by atomic mass is 19.4. The fourth-order valence-corrected chi connectivity index (χ4v) is 5.39. The van der Waals surface area contributed by atoms with Crippen molar-refractivity contribution in [3.8, 4) is 0 Å². The van der Waals surface area contributed by atoms with Crippen molar-refractivity contribution in [2.45, 2.75) is 76.2 Å².